The van der Waals surface area contributed by atoms with Crippen LogP contribution in [0, 0.1) is 0 Å². The normalized spacial score (nSPS) is 11.5. The van der Waals surface area contributed by atoms with Gasteiger partial charge >= 0.3 is 0 Å². The molecule has 0 aliphatic rings. The Kier molecular flexibility index (Phi) is 7.68. The molecule has 138 valence electrons. The SMILES string of the molecule is CCCNC(=O)[C@H](C)NC(=O)COc1ccccc1Cc1ccccc1. The first-order valence-electron chi connectivity index (χ1n) is 8.92. The molecule has 2 amide bonds. The topological polar surface area (TPSA) is 67.4 Å². The minimum atomic E-state index is -0.586. The van der Waals surface area contributed by atoms with Gasteiger partial charge in [0.15, 0.2) is 6.61 Å². The molecule has 0 radical (unpaired) electrons. The minimum Gasteiger partial charge on any atom is -0.483 e. The average molecular weight is 354 g/mol. The maximum absolute atomic E-state index is 12.1. The molecule has 26 heavy (non-hydrogen) atoms. The second-order valence-electron chi connectivity index (χ2n) is 6.14. The molecule has 0 heterocycles. The quantitative estimate of drug-likeness (QED) is 0.727. The van der Waals surface area contributed by atoms with Crippen molar-refractivity contribution in [2.45, 2.75) is 32.7 Å². The van der Waals surface area contributed by atoms with E-state index in [9.17, 15) is 9.59 Å². The first-order chi connectivity index (χ1) is 12.6. The zero-order chi connectivity index (χ0) is 18.8. The molecule has 2 rings (SSSR count). The molecular weight excluding hydrogens is 328 g/mol. The van der Waals surface area contributed by atoms with Gasteiger partial charge < -0.3 is 15.4 Å². The first kappa shape index (κ1) is 19.5. The number of ether oxygens (including phenoxy) is 1. The van der Waals surface area contributed by atoms with Crippen molar-refractivity contribution in [2.24, 2.45) is 0 Å². The van der Waals surface area contributed by atoms with Gasteiger partial charge in [-0.15, -0.1) is 0 Å². The molecule has 0 saturated heterocycles. The monoisotopic (exact) mass is 354 g/mol. The third-order valence-corrected chi connectivity index (χ3v) is 3.89. The van der Waals surface area contributed by atoms with Crippen LogP contribution in [0.2, 0.25) is 0 Å². The molecule has 0 aliphatic heterocycles. The van der Waals surface area contributed by atoms with E-state index in [2.05, 4.69) is 22.8 Å². The molecule has 0 fully saturated rings. The largest absolute Gasteiger partial charge is 0.483 e. The molecule has 2 aromatic carbocycles. The van der Waals surface area contributed by atoms with Gasteiger partial charge in [0.1, 0.15) is 11.8 Å². The smallest absolute Gasteiger partial charge is 0.258 e. The summed E-state index contributed by atoms with van der Waals surface area (Å²) in [5, 5.41) is 5.41. The van der Waals surface area contributed by atoms with Crippen molar-refractivity contribution in [3.05, 3.63) is 65.7 Å². The van der Waals surface area contributed by atoms with E-state index in [1.54, 1.807) is 6.92 Å². The van der Waals surface area contributed by atoms with Gasteiger partial charge in [-0.3, -0.25) is 9.59 Å². The number of nitrogens with one attached hydrogen (secondary N) is 2. The first-order valence-corrected chi connectivity index (χ1v) is 8.92. The second kappa shape index (κ2) is 10.2. The lowest BCUT2D eigenvalue weighted by Crippen LogP contribution is -2.46. The maximum Gasteiger partial charge on any atom is 0.258 e. The van der Waals surface area contributed by atoms with Gasteiger partial charge in [-0.2, -0.15) is 0 Å². The Morgan fingerprint density at radius 3 is 2.46 bits per heavy atom. The highest BCUT2D eigenvalue weighted by atomic mass is 16.5. The Labute approximate surface area is 154 Å². The van der Waals surface area contributed by atoms with Crippen LogP contribution >= 0.6 is 0 Å². The van der Waals surface area contributed by atoms with Crippen LogP contribution < -0.4 is 15.4 Å². The summed E-state index contributed by atoms with van der Waals surface area (Å²) in [7, 11) is 0. The van der Waals surface area contributed by atoms with E-state index in [-0.39, 0.29) is 18.4 Å². The Balaban J connectivity index is 1.89. The molecule has 0 aliphatic carbocycles. The molecular formula is C21H26N2O3. The second-order valence-corrected chi connectivity index (χ2v) is 6.14. The van der Waals surface area contributed by atoms with Crippen LogP contribution in [0.1, 0.15) is 31.4 Å². The predicted octanol–water partition coefficient (Wildman–Crippen LogP) is 2.69. The predicted molar refractivity (Wildman–Crippen MR) is 102 cm³/mol. The molecule has 2 aromatic rings. The summed E-state index contributed by atoms with van der Waals surface area (Å²) >= 11 is 0. The molecule has 2 N–H and O–H groups in total. The summed E-state index contributed by atoms with van der Waals surface area (Å²) < 4.78 is 5.69. The van der Waals surface area contributed by atoms with Crippen LogP contribution in [-0.2, 0) is 16.0 Å². The Bertz CT molecular complexity index is 716. The van der Waals surface area contributed by atoms with Crippen molar-refractivity contribution in [3.63, 3.8) is 0 Å². The maximum atomic E-state index is 12.1. The van der Waals surface area contributed by atoms with Crippen LogP contribution in [-0.4, -0.2) is 31.0 Å². The van der Waals surface area contributed by atoms with E-state index in [0.29, 0.717) is 12.3 Å². The van der Waals surface area contributed by atoms with E-state index in [1.165, 1.54) is 5.56 Å². The molecule has 0 bridgehead atoms. The zero-order valence-electron chi connectivity index (χ0n) is 15.3. The Morgan fingerprint density at radius 2 is 1.73 bits per heavy atom. The summed E-state index contributed by atoms with van der Waals surface area (Å²) in [6, 6.07) is 17.2. The lowest BCUT2D eigenvalue weighted by Gasteiger charge is -2.15. The standard InChI is InChI=1S/C21H26N2O3/c1-3-13-22-21(25)16(2)23-20(24)15-26-19-12-8-7-11-18(19)14-17-9-5-4-6-10-17/h4-12,16H,3,13-15H2,1-2H3,(H,22,25)(H,23,24)/t16-/m0/s1. The van der Waals surface area contributed by atoms with Gasteiger partial charge in [0.2, 0.25) is 5.91 Å². The summed E-state index contributed by atoms with van der Waals surface area (Å²) in [6.45, 7) is 4.11. The van der Waals surface area contributed by atoms with Crippen molar-refractivity contribution in [2.75, 3.05) is 13.2 Å². The highest BCUT2D eigenvalue weighted by Gasteiger charge is 2.15. The van der Waals surface area contributed by atoms with E-state index >= 15 is 0 Å². The van der Waals surface area contributed by atoms with Gasteiger partial charge in [-0.05, 0) is 30.5 Å². The summed E-state index contributed by atoms with van der Waals surface area (Å²) in [5.41, 5.74) is 2.19. The van der Waals surface area contributed by atoms with Crippen LogP contribution in [0.25, 0.3) is 0 Å². The number of rotatable bonds is 9. The number of para-hydroxylation sites is 1. The summed E-state index contributed by atoms with van der Waals surface area (Å²) in [5.74, 6) is 0.165. The van der Waals surface area contributed by atoms with Gasteiger partial charge in [-0.1, -0.05) is 55.5 Å². The molecule has 0 unspecified atom stereocenters. The molecule has 0 aromatic heterocycles. The van der Waals surface area contributed by atoms with Gasteiger partial charge in [-0.25, -0.2) is 0 Å². The number of benzene rings is 2. The fraction of sp³-hybridized carbons (Fsp3) is 0.333. The molecule has 0 spiro atoms. The van der Waals surface area contributed by atoms with Crippen molar-refractivity contribution in [3.8, 4) is 5.75 Å². The van der Waals surface area contributed by atoms with Crippen molar-refractivity contribution in [1.82, 2.24) is 10.6 Å². The van der Waals surface area contributed by atoms with Crippen molar-refractivity contribution >= 4 is 11.8 Å². The van der Waals surface area contributed by atoms with E-state index in [4.69, 9.17) is 4.74 Å². The van der Waals surface area contributed by atoms with Crippen molar-refractivity contribution < 1.29 is 14.3 Å². The van der Waals surface area contributed by atoms with Crippen LogP contribution in [0.15, 0.2) is 54.6 Å². The number of hydrogen-bond acceptors (Lipinski definition) is 3. The van der Waals surface area contributed by atoms with Crippen molar-refractivity contribution in [1.29, 1.82) is 0 Å². The highest BCUT2D eigenvalue weighted by Crippen LogP contribution is 2.21. The molecule has 0 saturated carbocycles. The number of carbonyl (C=O) groups excluding carboxylic acids is 2. The zero-order valence-corrected chi connectivity index (χ0v) is 15.3. The Hall–Kier alpha value is -2.82. The molecule has 5 heteroatoms. The van der Waals surface area contributed by atoms with Gasteiger partial charge in [0.05, 0.1) is 0 Å². The van der Waals surface area contributed by atoms with Crippen LogP contribution in [0.3, 0.4) is 0 Å². The third-order valence-electron chi connectivity index (χ3n) is 3.89. The Morgan fingerprint density at radius 1 is 1.04 bits per heavy atom. The highest BCUT2D eigenvalue weighted by molar-refractivity contribution is 5.87. The van der Waals surface area contributed by atoms with Crippen LogP contribution in [0.5, 0.6) is 5.75 Å². The van der Waals surface area contributed by atoms with Gasteiger partial charge in [0, 0.05) is 13.0 Å². The van der Waals surface area contributed by atoms with Gasteiger partial charge in [0.25, 0.3) is 5.91 Å². The molecule has 5 nitrogen and oxygen atoms in total. The minimum absolute atomic E-state index is 0.128. The number of amides is 2. The number of hydrogen-bond donors (Lipinski definition) is 2. The van der Waals surface area contributed by atoms with E-state index in [0.717, 1.165) is 18.4 Å². The van der Waals surface area contributed by atoms with E-state index in [1.807, 2.05) is 49.4 Å². The fourth-order valence-corrected chi connectivity index (χ4v) is 2.50. The molecule has 1 atom stereocenters. The fourth-order valence-electron chi connectivity index (χ4n) is 2.50. The summed E-state index contributed by atoms with van der Waals surface area (Å²) in [6.07, 6.45) is 1.59. The van der Waals surface area contributed by atoms with Crippen LogP contribution in [0.4, 0.5) is 0 Å². The lowest BCUT2D eigenvalue weighted by atomic mass is 10.0. The third kappa shape index (κ3) is 6.24. The lowest BCUT2D eigenvalue weighted by molar-refractivity contribution is -0.129. The number of carbonyl (C=O) groups is 2. The average Bonchev–Trinajstić information content (AvgIpc) is 2.66. The summed E-state index contributed by atoms with van der Waals surface area (Å²) in [4.78, 5) is 23.9. The van der Waals surface area contributed by atoms with E-state index < -0.39 is 6.04 Å².